The van der Waals surface area contributed by atoms with Gasteiger partial charge in [-0.1, -0.05) is 6.07 Å². The van der Waals surface area contributed by atoms with E-state index in [4.69, 9.17) is 14.6 Å². The van der Waals surface area contributed by atoms with Gasteiger partial charge in [-0.15, -0.1) is 0 Å². The van der Waals surface area contributed by atoms with E-state index in [-0.39, 0.29) is 17.9 Å². The molecular formula is C19H18N2O7. The van der Waals surface area contributed by atoms with E-state index < -0.39 is 29.6 Å². The van der Waals surface area contributed by atoms with Crippen LogP contribution in [0.3, 0.4) is 0 Å². The van der Waals surface area contributed by atoms with Gasteiger partial charge in [0.2, 0.25) is 5.90 Å². The van der Waals surface area contributed by atoms with Crippen molar-refractivity contribution in [2.75, 3.05) is 13.2 Å². The number of esters is 1. The number of carbonyl (C=O) groups is 1. The maximum atomic E-state index is 12.3. The summed E-state index contributed by atoms with van der Waals surface area (Å²) >= 11 is 0. The number of ether oxygens (including phenoxy) is 2. The average Bonchev–Trinajstić information content (AvgIpc) is 3.19. The lowest BCUT2D eigenvalue weighted by atomic mass is 10.1. The molecule has 1 heterocycles. The molecule has 9 nitrogen and oxygen atoms in total. The van der Waals surface area contributed by atoms with Gasteiger partial charge in [0.1, 0.15) is 24.5 Å². The van der Waals surface area contributed by atoms with Crippen LogP contribution in [0.5, 0.6) is 5.75 Å². The van der Waals surface area contributed by atoms with E-state index >= 15 is 0 Å². The predicted octanol–water partition coefficient (Wildman–Crippen LogP) is 1.62. The normalized spacial score (nSPS) is 16.8. The maximum absolute atomic E-state index is 12.3. The summed E-state index contributed by atoms with van der Waals surface area (Å²) in [5, 5.41) is 29.4. The first-order valence-corrected chi connectivity index (χ1v) is 8.47. The molecule has 0 aliphatic carbocycles. The number of rotatable bonds is 6. The van der Waals surface area contributed by atoms with Crippen LogP contribution in [0.15, 0.2) is 47.5 Å². The molecule has 0 radical (unpaired) electrons. The molecule has 146 valence electrons. The Balaban J connectivity index is 1.80. The summed E-state index contributed by atoms with van der Waals surface area (Å²) in [6.45, 7) is 1.45. The Labute approximate surface area is 160 Å². The molecule has 28 heavy (non-hydrogen) atoms. The molecule has 9 heteroatoms. The number of carbonyl (C=O) groups excluding carboxylic acids is 1. The van der Waals surface area contributed by atoms with E-state index in [9.17, 15) is 20.0 Å². The highest BCUT2D eigenvalue weighted by atomic mass is 16.6. The van der Waals surface area contributed by atoms with Crippen molar-refractivity contribution < 1.29 is 29.4 Å². The Morgan fingerprint density at radius 1 is 1.36 bits per heavy atom. The number of aliphatic hydroxyl groups excluding tert-OH is 2. The largest absolute Gasteiger partial charge is 0.475 e. The number of nitrogens with zero attached hydrogens (tertiary/aromatic N) is 2. The van der Waals surface area contributed by atoms with Gasteiger partial charge < -0.3 is 19.7 Å². The molecule has 0 spiro atoms. The van der Waals surface area contributed by atoms with Crippen LogP contribution in [-0.4, -0.2) is 52.4 Å². The molecule has 0 saturated carbocycles. The summed E-state index contributed by atoms with van der Waals surface area (Å²) in [5.74, 6) is -0.0699. The molecule has 2 N–H and O–H groups in total. The average molecular weight is 386 g/mol. The second-order valence-corrected chi connectivity index (χ2v) is 6.18. The number of aliphatic hydroxyl groups is 2. The highest BCUT2D eigenvalue weighted by molar-refractivity contribution is 5.98. The molecule has 1 aliphatic rings. The first kappa shape index (κ1) is 19.5. The molecule has 2 aromatic rings. The fourth-order valence-corrected chi connectivity index (χ4v) is 2.69. The van der Waals surface area contributed by atoms with Gasteiger partial charge in [0, 0.05) is 23.3 Å². The second kappa shape index (κ2) is 8.15. The Morgan fingerprint density at radius 2 is 2.07 bits per heavy atom. The van der Waals surface area contributed by atoms with Gasteiger partial charge in [-0.3, -0.25) is 10.1 Å². The van der Waals surface area contributed by atoms with E-state index in [0.717, 1.165) is 0 Å². The van der Waals surface area contributed by atoms with Crippen LogP contribution in [0, 0.1) is 17.0 Å². The summed E-state index contributed by atoms with van der Waals surface area (Å²) in [6, 6.07) is 9.56. The molecule has 2 aromatic carbocycles. The third kappa shape index (κ3) is 4.00. The van der Waals surface area contributed by atoms with Gasteiger partial charge in [-0.25, -0.2) is 9.79 Å². The van der Waals surface area contributed by atoms with Crippen LogP contribution in [0.2, 0.25) is 0 Å². The minimum absolute atomic E-state index is 0.120. The lowest BCUT2D eigenvalue weighted by molar-refractivity contribution is -0.384. The van der Waals surface area contributed by atoms with Crippen LogP contribution in [0.4, 0.5) is 5.69 Å². The Bertz CT molecular complexity index is 924. The zero-order valence-electron chi connectivity index (χ0n) is 14.9. The third-order valence-corrected chi connectivity index (χ3v) is 4.34. The second-order valence-electron chi connectivity index (χ2n) is 6.18. The first-order chi connectivity index (χ1) is 13.4. The minimum atomic E-state index is -1.01. The lowest BCUT2D eigenvalue weighted by Gasteiger charge is -2.11. The lowest BCUT2D eigenvalue weighted by Crippen LogP contribution is -2.28. The highest BCUT2D eigenvalue weighted by Crippen LogP contribution is 2.26. The molecule has 0 aromatic heterocycles. The zero-order valence-corrected chi connectivity index (χ0v) is 14.9. The van der Waals surface area contributed by atoms with Gasteiger partial charge in [0.15, 0.2) is 0 Å². The van der Waals surface area contributed by atoms with Crippen molar-refractivity contribution >= 4 is 17.6 Å². The number of hydrogen-bond donors (Lipinski definition) is 2. The topological polar surface area (TPSA) is 131 Å². The van der Waals surface area contributed by atoms with Crippen molar-refractivity contribution in [2.45, 2.75) is 19.1 Å². The standard InChI is InChI=1S/C19H18N2O7/c1-11-14(18-20-15(10-27-18)16(23)9-22)3-2-4-17(11)28-19(24)12-5-7-13(8-6-12)21(25)26/h2-8,15-16,22-23H,9-10H2,1H3/t15-,16-/m0/s1. The van der Waals surface area contributed by atoms with Crippen molar-refractivity contribution in [3.63, 3.8) is 0 Å². The van der Waals surface area contributed by atoms with Crippen molar-refractivity contribution in [3.8, 4) is 5.75 Å². The zero-order chi connectivity index (χ0) is 20.3. The van der Waals surface area contributed by atoms with E-state index in [1.165, 1.54) is 24.3 Å². The number of nitro groups is 1. The van der Waals surface area contributed by atoms with Gasteiger partial charge in [0.25, 0.3) is 5.69 Å². The molecule has 0 saturated heterocycles. The van der Waals surface area contributed by atoms with E-state index in [0.29, 0.717) is 22.8 Å². The summed E-state index contributed by atoms with van der Waals surface area (Å²) in [5.41, 5.74) is 1.26. The van der Waals surface area contributed by atoms with Crippen LogP contribution < -0.4 is 4.74 Å². The highest BCUT2D eigenvalue weighted by Gasteiger charge is 2.27. The molecular weight excluding hydrogens is 368 g/mol. The monoisotopic (exact) mass is 386 g/mol. The fourth-order valence-electron chi connectivity index (χ4n) is 2.69. The first-order valence-electron chi connectivity index (χ1n) is 8.47. The minimum Gasteiger partial charge on any atom is -0.475 e. The van der Waals surface area contributed by atoms with Crippen LogP contribution in [-0.2, 0) is 4.74 Å². The molecule has 0 amide bonds. The van der Waals surface area contributed by atoms with E-state index in [2.05, 4.69) is 4.99 Å². The summed E-state index contributed by atoms with van der Waals surface area (Å²) in [4.78, 5) is 26.8. The summed E-state index contributed by atoms with van der Waals surface area (Å²) in [6.07, 6.45) is -1.01. The molecule has 0 bridgehead atoms. The van der Waals surface area contributed by atoms with E-state index in [1.807, 2.05) is 0 Å². The fraction of sp³-hybridized carbons (Fsp3) is 0.263. The summed E-state index contributed by atoms with van der Waals surface area (Å²) in [7, 11) is 0. The Hall–Kier alpha value is -3.30. The number of nitro benzene ring substituents is 1. The van der Waals surface area contributed by atoms with Crippen LogP contribution in [0.25, 0.3) is 0 Å². The third-order valence-electron chi connectivity index (χ3n) is 4.34. The number of non-ortho nitro benzene ring substituents is 1. The van der Waals surface area contributed by atoms with Gasteiger partial charge in [0.05, 0.1) is 17.1 Å². The quantitative estimate of drug-likeness (QED) is 0.334. The Kier molecular flexibility index (Phi) is 5.67. The Morgan fingerprint density at radius 3 is 2.71 bits per heavy atom. The van der Waals surface area contributed by atoms with Crippen molar-refractivity contribution in [3.05, 3.63) is 69.3 Å². The number of benzene rings is 2. The van der Waals surface area contributed by atoms with Crippen molar-refractivity contribution in [1.29, 1.82) is 0 Å². The van der Waals surface area contributed by atoms with Crippen molar-refractivity contribution in [1.82, 2.24) is 0 Å². The predicted molar refractivity (Wildman–Crippen MR) is 98.6 cm³/mol. The van der Waals surface area contributed by atoms with Gasteiger partial charge in [-0.05, 0) is 31.2 Å². The number of hydrogen-bond acceptors (Lipinski definition) is 8. The van der Waals surface area contributed by atoms with E-state index in [1.54, 1.807) is 25.1 Å². The smallest absolute Gasteiger partial charge is 0.343 e. The summed E-state index contributed by atoms with van der Waals surface area (Å²) < 4.78 is 10.9. The molecule has 0 unspecified atom stereocenters. The van der Waals surface area contributed by atoms with Gasteiger partial charge in [-0.2, -0.15) is 0 Å². The van der Waals surface area contributed by atoms with Crippen molar-refractivity contribution in [2.24, 2.45) is 4.99 Å². The molecule has 1 aliphatic heterocycles. The molecule has 2 atom stereocenters. The SMILES string of the molecule is Cc1c(OC(=O)c2ccc([N+](=O)[O-])cc2)cccc1C1=N[C@H]([C@@H](O)CO)CO1. The molecule has 3 rings (SSSR count). The number of aliphatic imine (C=N–C) groups is 1. The van der Waals surface area contributed by atoms with Crippen LogP contribution >= 0.6 is 0 Å². The maximum Gasteiger partial charge on any atom is 0.343 e. The van der Waals surface area contributed by atoms with Gasteiger partial charge >= 0.3 is 5.97 Å². The molecule has 0 fully saturated rings. The van der Waals surface area contributed by atoms with Crippen LogP contribution in [0.1, 0.15) is 21.5 Å².